The number of hydrogen-bond donors (Lipinski definition) is 0. The molecule has 0 N–H and O–H groups in total. The van der Waals surface area contributed by atoms with Crippen molar-refractivity contribution in [2.24, 2.45) is 11.3 Å². The van der Waals surface area contributed by atoms with Gasteiger partial charge < -0.3 is 14.2 Å². The monoisotopic (exact) mass is 428 g/mol. The zero-order valence-electron chi connectivity index (χ0n) is 20.4. The van der Waals surface area contributed by atoms with Crippen molar-refractivity contribution >= 4 is 11.9 Å². The van der Waals surface area contributed by atoms with Crippen LogP contribution in [0.2, 0.25) is 0 Å². The Morgan fingerprint density at radius 2 is 1.17 bits per heavy atom. The van der Waals surface area contributed by atoms with E-state index in [-0.39, 0.29) is 0 Å². The summed E-state index contributed by atoms with van der Waals surface area (Å²) in [6, 6.07) is 0. The quantitative estimate of drug-likeness (QED) is 0.126. The minimum atomic E-state index is -1.17. The van der Waals surface area contributed by atoms with Crippen LogP contribution in [0.1, 0.15) is 111 Å². The van der Waals surface area contributed by atoms with Crippen molar-refractivity contribution in [2.75, 3.05) is 26.9 Å². The normalized spacial score (nSPS) is 12.6. The maximum absolute atomic E-state index is 12.7. The molecular formula is C25H48O5. The molecule has 0 aliphatic rings. The zero-order chi connectivity index (χ0) is 22.7. The molecule has 1 atom stereocenters. The van der Waals surface area contributed by atoms with E-state index in [0.717, 1.165) is 25.7 Å². The topological polar surface area (TPSA) is 61.8 Å². The lowest BCUT2D eigenvalue weighted by Crippen LogP contribution is -2.41. The van der Waals surface area contributed by atoms with Gasteiger partial charge in [0.25, 0.3) is 0 Å². The summed E-state index contributed by atoms with van der Waals surface area (Å²) < 4.78 is 16.1. The highest BCUT2D eigenvalue weighted by Gasteiger charge is 2.45. The molecule has 1 unspecified atom stereocenters. The van der Waals surface area contributed by atoms with Gasteiger partial charge >= 0.3 is 11.9 Å². The zero-order valence-corrected chi connectivity index (χ0v) is 20.4. The smallest absolute Gasteiger partial charge is 0.323 e. The second-order valence-corrected chi connectivity index (χ2v) is 8.56. The lowest BCUT2D eigenvalue weighted by Gasteiger charge is -2.27. The average Bonchev–Trinajstić information content (AvgIpc) is 2.74. The molecule has 0 radical (unpaired) electrons. The standard InChI is InChI=1S/C25H48O5/c1-6-9-10-11-12-13-14-15-16-19-29-23(26)25(7-2,8-3)24(27)30-21-18-22(4)17-20-28-5/h22H,6-21H2,1-5H3. The molecule has 0 rings (SSSR count). The molecule has 0 bridgehead atoms. The maximum Gasteiger partial charge on any atom is 0.323 e. The van der Waals surface area contributed by atoms with Crippen molar-refractivity contribution in [2.45, 2.75) is 111 Å². The van der Waals surface area contributed by atoms with E-state index in [1.165, 1.54) is 44.9 Å². The van der Waals surface area contributed by atoms with Crippen molar-refractivity contribution in [1.29, 1.82) is 0 Å². The molecule has 0 fully saturated rings. The third kappa shape index (κ3) is 11.9. The molecule has 0 aromatic rings. The molecular weight excluding hydrogens is 380 g/mol. The molecule has 0 aliphatic carbocycles. The predicted molar refractivity (Wildman–Crippen MR) is 122 cm³/mol. The van der Waals surface area contributed by atoms with Gasteiger partial charge in [-0.05, 0) is 38.0 Å². The first-order valence-corrected chi connectivity index (χ1v) is 12.3. The van der Waals surface area contributed by atoms with E-state index < -0.39 is 17.4 Å². The first-order chi connectivity index (χ1) is 14.5. The highest BCUT2D eigenvalue weighted by atomic mass is 16.6. The minimum Gasteiger partial charge on any atom is -0.465 e. The van der Waals surface area contributed by atoms with Crippen molar-refractivity contribution in [3.63, 3.8) is 0 Å². The van der Waals surface area contributed by atoms with E-state index in [1.807, 2.05) is 13.8 Å². The number of hydrogen-bond acceptors (Lipinski definition) is 5. The summed E-state index contributed by atoms with van der Waals surface area (Å²) in [6.07, 6.45) is 13.4. The van der Waals surface area contributed by atoms with Crippen LogP contribution >= 0.6 is 0 Å². The van der Waals surface area contributed by atoms with E-state index in [2.05, 4.69) is 13.8 Å². The molecule has 0 amide bonds. The van der Waals surface area contributed by atoms with E-state index in [0.29, 0.717) is 38.6 Å². The van der Waals surface area contributed by atoms with Crippen molar-refractivity contribution < 1.29 is 23.8 Å². The number of methoxy groups -OCH3 is 1. The second-order valence-electron chi connectivity index (χ2n) is 8.56. The molecule has 0 aromatic carbocycles. The molecule has 0 aliphatic heterocycles. The SMILES string of the molecule is CCCCCCCCCCCOC(=O)C(CC)(CC)C(=O)OCCC(C)CCOC. The van der Waals surface area contributed by atoms with Crippen molar-refractivity contribution in [1.82, 2.24) is 0 Å². The Hall–Kier alpha value is -1.10. The highest BCUT2D eigenvalue weighted by Crippen LogP contribution is 2.30. The fourth-order valence-electron chi connectivity index (χ4n) is 3.58. The van der Waals surface area contributed by atoms with Crippen LogP contribution in [0.4, 0.5) is 0 Å². The summed E-state index contributed by atoms with van der Waals surface area (Å²) in [4.78, 5) is 25.4. The third-order valence-electron chi connectivity index (χ3n) is 6.13. The lowest BCUT2D eigenvalue weighted by molar-refractivity contribution is -0.173. The molecule has 30 heavy (non-hydrogen) atoms. The van der Waals surface area contributed by atoms with Gasteiger partial charge in [0, 0.05) is 13.7 Å². The van der Waals surface area contributed by atoms with Crippen LogP contribution in [0.3, 0.4) is 0 Å². The molecule has 0 heterocycles. The van der Waals surface area contributed by atoms with Gasteiger partial charge in [-0.25, -0.2) is 0 Å². The third-order valence-corrected chi connectivity index (χ3v) is 6.13. The van der Waals surface area contributed by atoms with E-state index >= 15 is 0 Å². The summed E-state index contributed by atoms with van der Waals surface area (Å²) in [5.74, 6) is -0.456. The summed E-state index contributed by atoms with van der Waals surface area (Å²) in [5, 5.41) is 0. The highest BCUT2D eigenvalue weighted by molar-refractivity contribution is 5.99. The van der Waals surface area contributed by atoms with E-state index in [4.69, 9.17) is 14.2 Å². The summed E-state index contributed by atoms with van der Waals surface area (Å²) >= 11 is 0. The molecule has 0 saturated heterocycles. The van der Waals surface area contributed by atoms with Gasteiger partial charge in [0.2, 0.25) is 0 Å². The van der Waals surface area contributed by atoms with Crippen LogP contribution in [-0.4, -0.2) is 38.9 Å². The van der Waals surface area contributed by atoms with Gasteiger partial charge in [-0.2, -0.15) is 0 Å². The number of carbonyl (C=O) groups excluding carboxylic acids is 2. The molecule has 178 valence electrons. The first kappa shape index (κ1) is 28.9. The number of unbranched alkanes of at least 4 members (excludes halogenated alkanes) is 8. The Labute approximate surface area is 185 Å². The minimum absolute atomic E-state index is 0.330. The lowest BCUT2D eigenvalue weighted by atomic mass is 9.82. The summed E-state index contributed by atoms with van der Waals surface area (Å²) in [7, 11) is 1.68. The number of ether oxygens (including phenoxy) is 3. The number of rotatable bonds is 20. The van der Waals surface area contributed by atoms with Crippen LogP contribution in [-0.2, 0) is 23.8 Å². The second kappa shape index (κ2) is 18.7. The van der Waals surface area contributed by atoms with Crippen molar-refractivity contribution in [3.05, 3.63) is 0 Å². The fourth-order valence-corrected chi connectivity index (χ4v) is 3.58. The van der Waals surface area contributed by atoms with Crippen LogP contribution in [0.5, 0.6) is 0 Å². The fraction of sp³-hybridized carbons (Fsp3) is 0.920. The summed E-state index contributed by atoms with van der Waals surface area (Å²) in [6.45, 7) is 9.47. The van der Waals surface area contributed by atoms with Gasteiger partial charge in [0.1, 0.15) is 0 Å². The Kier molecular flexibility index (Phi) is 18.0. The molecule has 5 heteroatoms. The van der Waals surface area contributed by atoms with Crippen LogP contribution in [0.25, 0.3) is 0 Å². The molecule has 5 nitrogen and oxygen atoms in total. The van der Waals surface area contributed by atoms with Gasteiger partial charge in [-0.1, -0.05) is 79.1 Å². The summed E-state index contributed by atoms with van der Waals surface area (Å²) in [5.41, 5.74) is -1.17. The van der Waals surface area contributed by atoms with Gasteiger partial charge in [0.05, 0.1) is 13.2 Å². The van der Waals surface area contributed by atoms with Crippen molar-refractivity contribution in [3.8, 4) is 0 Å². The molecule has 0 saturated carbocycles. The van der Waals surface area contributed by atoms with Gasteiger partial charge in [0.15, 0.2) is 5.41 Å². The maximum atomic E-state index is 12.7. The number of carbonyl (C=O) groups is 2. The van der Waals surface area contributed by atoms with E-state index in [1.54, 1.807) is 7.11 Å². The predicted octanol–water partition coefficient (Wildman–Crippen LogP) is 6.47. The Morgan fingerprint density at radius 1 is 0.700 bits per heavy atom. The van der Waals surface area contributed by atoms with E-state index in [9.17, 15) is 9.59 Å². The van der Waals surface area contributed by atoms with Crippen LogP contribution in [0.15, 0.2) is 0 Å². The molecule has 0 spiro atoms. The Balaban J connectivity index is 4.19. The van der Waals surface area contributed by atoms with Crippen LogP contribution < -0.4 is 0 Å². The first-order valence-electron chi connectivity index (χ1n) is 12.3. The number of esters is 2. The van der Waals surface area contributed by atoms with Gasteiger partial charge in [-0.15, -0.1) is 0 Å². The largest absolute Gasteiger partial charge is 0.465 e. The molecule has 0 aromatic heterocycles. The average molecular weight is 429 g/mol. The Morgan fingerprint density at radius 3 is 1.67 bits per heavy atom. The van der Waals surface area contributed by atoms with Crippen LogP contribution in [0, 0.1) is 11.3 Å². The van der Waals surface area contributed by atoms with Gasteiger partial charge in [-0.3, -0.25) is 9.59 Å². The Bertz CT molecular complexity index is 431.